The van der Waals surface area contributed by atoms with Crippen molar-refractivity contribution in [1.82, 2.24) is 0 Å². The van der Waals surface area contributed by atoms with Gasteiger partial charge in [0.15, 0.2) is 0 Å². The predicted molar refractivity (Wildman–Crippen MR) is 29.2 cm³/mol. The van der Waals surface area contributed by atoms with Crippen molar-refractivity contribution in [3.8, 4) is 0 Å². The summed E-state index contributed by atoms with van der Waals surface area (Å²) in [6.07, 6.45) is 4.09. The standard InChI is InChI=1S/C6H9O2/c1-8-6-3-2-5(6)4-7/h5-6H,2-3H2,1H3. The molecule has 0 aromatic carbocycles. The van der Waals surface area contributed by atoms with Crippen LogP contribution in [0.1, 0.15) is 12.8 Å². The molecule has 1 radical (unpaired) electrons. The van der Waals surface area contributed by atoms with Crippen molar-refractivity contribution in [1.29, 1.82) is 0 Å². The first-order chi connectivity index (χ1) is 3.88. The van der Waals surface area contributed by atoms with E-state index in [0.29, 0.717) is 0 Å². The van der Waals surface area contributed by atoms with Gasteiger partial charge in [0.05, 0.1) is 12.0 Å². The fourth-order valence-electron chi connectivity index (χ4n) is 0.886. The molecule has 2 heteroatoms. The highest BCUT2D eigenvalue weighted by Crippen LogP contribution is 2.27. The van der Waals surface area contributed by atoms with Gasteiger partial charge in [0.1, 0.15) is 0 Å². The molecule has 0 aromatic rings. The summed E-state index contributed by atoms with van der Waals surface area (Å²) in [6, 6.07) is 0. The maximum atomic E-state index is 9.95. The van der Waals surface area contributed by atoms with Gasteiger partial charge in [-0.25, -0.2) is 0 Å². The highest BCUT2D eigenvalue weighted by molar-refractivity contribution is 5.57. The smallest absolute Gasteiger partial charge is 0.204 e. The summed E-state index contributed by atoms with van der Waals surface area (Å²) >= 11 is 0. The van der Waals surface area contributed by atoms with Crippen LogP contribution < -0.4 is 0 Å². The van der Waals surface area contributed by atoms with Crippen LogP contribution in [-0.2, 0) is 9.53 Å². The predicted octanol–water partition coefficient (Wildman–Crippen LogP) is 0.521. The fraction of sp³-hybridized carbons (Fsp3) is 0.833. The van der Waals surface area contributed by atoms with Crippen molar-refractivity contribution in [3.05, 3.63) is 0 Å². The van der Waals surface area contributed by atoms with E-state index in [9.17, 15) is 4.79 Å². The maximum Gasteiger partial charge on any atom is 0.204 e. The lowest BCUT2D eigenvalue weighted by molar-refractivity contribution is 0.0121. The molecule has 2 unspecified atom stereocenters. The first-order valence-corrected chi connectivity index (χ1v) is 2.79. The molecule has 0 N–H and O–H groups in total. The van der Waals surface area contributed by atoms with Crippen LogP contribution in [0.15, 0.2) is 0 Å². The van der Waals surface area contributed by atoms with Gasteiger partial charge >= 0.3 is 0 Å². The first kappa shape index (κ1) is 5.76. The molecule has 45 valence electrons. The third-order valence-corrected chi connectivity index (χ3v) is 1.67. The van der Waals surface area contributed by atoms with Crippen LogP contribution in [0.5, 0.6) is 0 Å². The molecule has 0 heterocycles. The molecule has 0 saturated heterocycles. The molecule has 0 spiro atoms. The fourth-order valence-corrected chi connectivity index (χ4v) is 0.886. The monoisotopic (exact) mass is 113 g/mol. The summed E-state index contributed by atoms with van der Waals surface area (Å²) in [5.41, 5.74) is 0. The second-order valence-electron chi connectivity index (χ2n) is 2.08. The molecule has 0 bridgehead atoms. The number of carbonyl (C=O) groups excluding carboxylic acids is 1. The van der Waals surface area contributed by atoms with Gasteiger partial charge in [-0.2, -0.15) is 0 Å². The van der Waals surface area contributed by atoms with Crippen LogP contribution in [0.4, 0.5) is 0 Å². The Labute approximate surface area is 48.8 Å². The van der Waals surface area contributed by atoms with Gasteiger partial charge in [-0.05, 0) is 12.8 Å². The molecule has 0 amide bonds. The SMILES string of the molecule is COC1CCC1[C]=O. The largest absolute Gasteiger partial charge is 0.381 e. The first-order valence-electron chi connectivity index (χ1n) is 2.79. The molecule has 1 aliphatic carbocycles. The van der Waals surface area contributed by atoms with Gasteiger partial charge in [0.2, 0.25) is 6.29 Å². The summed E-state index contributed by atoms with van der Waals surface area (Å²) in [5.74, 6) is 0.0694. The second kappa shape index (κ2) is 2.27. The molecule has 1 fully saturated rings. The van der Waals surface area contributed by atoms with E-state index >= 15 is 0 Å². The molecule has 0 aliphatic heterocycles. The Morgan fingerprint density at radius 3 is 2.50 bits per heavy atom. The lowest BCUT2D eigenvalue weighted by atomic mass is 9.83. The van der Waals surface area contributed by atoms with E-state index in [2.05, 4.69) is 0 Å². The van der Waals surface area contributed by atoms with Crippen LogP contribution in [-0.4, -0.2) is 19.5 Å². The van der Waals surface area contributed by atoms with Crippen molar-refractivity contribution < 1.29 is 9.53 Å². The summed E-state index contributed by atoms with van der Waals surface area (Å²) < 4.78 is 4.93. The zero-order chi connectivity index (χ0) is 5.98. The Balaban J connectivity index is 2.26. The molecular formula is C6H9O2. The Morgan fingerprint density at radius 2 is 2.38 bits per heavy atom. The lowest BCUT2D eigenvalue weighted by Crippen LogP contribution is -2.33. The Morgan fingerprint density at radius 1 is 1.62 bits per heavy atom. The van der Waals surface area contributed by atoms with Crippen molar-refractivity contribution in [2.24, 2.45) is 5.92 Å². The lowest BCUT2D eigenvalue weighted by Gasteiger charge is -2.29. The number of ether oxygens (including phenoxy) is 1. The minimum absolute atomic E-state index is 0.0694. The van der Waals surface area contributed by atoms with E-state index in [4.69, 9.17) is 4.74 Å². The summed E-state index contributed by atoms with van der Waals surface area (Å²) in [5, 5.41) is 0. The molecule has 2 nitrogen and oxygen atoms in total. The molecule has 8 heavy (non-hydrogen) atoms. The molecule has 1 aliphatic rings. The number of methoxy groups -OCH3 is 1. The topological polar surface area (TPSA) is 26.3 Å². The Hall–Kier alpha value is -0.370. The Kier molecular flexibility index (Phi) is 1.63. The molecule has 1 rings (SSSR count). The van der Waals surface area contributed by atoms with Gasteiger partial charge in [0.25, 0.3) is 0 Å². The number of rotatable bonds is 2. The van der Waals surface area contributed by atoms with E-state index in [-0.39, 0.29) is 12.0 Å². The molecular weight excluding hydrogens is 104 g/mol. The minimum Gasteiger partial charge on any atom is -0.381 e. The maximum absolute atomic E-state index is 9.95. The highest BCUT2D eigenvalue weighted by Gasteiger charge is 2.30. The summed E-state index contributed by atoms with van der Waals surface area (Å²) in [6.45, 7) is 0. The third kappa shape index (κ3) is 0.757. The molecule has 2 atom stereocenters. The van der Waals surface area contributed by atoms with Crippen molar-refractivity contribution >= 4 is 6.29 Å². The van der Waals surface area contributed by atoms with Gasteiger partial charge in [-0.3, -0.25) is 4.79 Å². The summed E-state index contributed by atoms with van der Waals surface area (Å²) in [7, 11) is 1.63. The van der Waals surface area contributed by atoms with Crippen LogP contribution >= 0.6 is 0 Å². The van der Waals surface area contributed by atoms with Crippen LogP contribution in [0.25, 0.3) is 0 Å². The van der Waals surface area contributed by atoms with Crippen molar-refractivity contribution in [2.75, 3.05) is 7.11 Å². The van der Waals surface area contributed by atoms with E-state index in [1.54, 1.807) is 7.11 Å². The third-order valence-electron chi connectivity index (χ3n) is 1.67. The van der Waals surface area contributed by atoms with Gasteiger partial charge in [-0.15, -0.1) is 0 Å². The number of hydrogen-bond acceptors (Lipinski definition) is 2. The van der Waals surface area contributed by atoms with Gasteiger partial charge < -0.3 is 4.74 Å². The van der Waals surface area contributed by atoms with E-state index in [0.717, 1.165) is 12.8 Å². The average molecular weight is 113 g/mol. The zero-order valence-electron chi connectivity index (χ0n) is 4.89. The number of hydrogen-bond donors (Lipinski definition) is 0. The van der Waals surface area contributed by atoms with Crippen LogP contribution in [0, 0.1) is 5.92 Å². The van der Waals surface area contributed by atoms with E-state index < -0.39 is 0 Å². The molecule has 1 saturated carbocycles. The molecule has 0 aromatic heterocycles. The van der Waals surface area contributed by atoms with Crippen LogP contribution in [0.2, 0.25) is 0 Å². The average Bonchev–Trinajstić information content (AvgIpc) is 1.66. The normalized spacial score (nSPS) is 36.1. The zero-order valence-corrected chi connectivity index (χ0v) is 4.89. The van der Waals surface area contributed by atoms with Crippen molar-refractivity contribution in [3.63, 3.8) is 0 Å². The second-order valence-corrected chi connectivity index (χ2v) is 2.08. The van der Waals surface area contributed by atoms with Gasteiger partial charge in [-0.1, -0.05) is 0 Å². The van der Waals surface area contributed by atoms with E-state index in [1.165, 1.54) is 0 Å². The van der Waals surface area contributed by atoms with E-state index in [1.807, 2.05) is 6.29 Å². The summed E-state index contributed by atoms with van der Waals surface area (Å²) in [4.78, 5) is 9.95. The Bertz CT molecular complexity index is 88.5. The quantitative estimate of drug-likeness (QED) is 0.522. The minimum atomic E-state index is 0.0694. The highest BCUT2D eigenvalue weighted by atomic mass is 16.5. The van der Waals surface area contributed by atoms with Gasteiger partial charge in [0, 0.05) is 7.11 Å². The van der Waals surface area contributed by atoms with Crippen molar-refractivity contribution in [2.45, 2.75) is 18.9 Å². The van der Waals surface area contributed by atoms with Crippen LogP contribution in [0.3, 0.4) is 0 Å².